The van der Waals surface area contributed by atoms with Gasteiger partial charge in [-0.2, -0.15) is 0 Å². The Balaban J connectivity index is 2.81. The Morgan fingerprint density at radius 1 is 1.69 bits per heavy atom. The average molecular weight is 392 g/mol. The zero-order valence-electron chi connectivity index (χ0n) is 8.76. The van der Waals surface area contributed by atoms with E-state index >= 15 is 0 Å². The highest BCUT2D eigenvalue weighted by Gasteiger charge is 2.12. The molecule has 0 aromatic heterocycles. The second kappa shape index (κ2) is 6.26. The Kier molecular flexibility index (Phi) is 5.29. The van der Waals surface area contributed by atoms with Crippen molar-refractivity contribution in [2.75, 3.05) is 0 Å². The predicted octanol–water partition coefficient (Wildman–Crippen LogP) is 3.20. The van der Waals surface area contributed by atoms with E-state index in [9.17, 15) is 4.79 Å². The molecule has 1 N–H and O–H groups in total. The van der Waals surface area contributed by atoms with Gasteiger partial charge in [0.2, 0.25) is 0 Å². The van der Waals surface area contributed by atoms with Crippen molar-refractivity contribution < 1.29 is 4.79 Å². The first-order valence-corrected chi connectivity index (χ1v) is 6.61. The van der Waals surface area contributed by atoms with Crippen molar-refractivity contribution in [2.24, 2.45) is 0 Å². The van der Waals surface area contributed by atoms with Gasteiger partial charge in [0, 0.05) is 20.5 Å². The van der Waals surface area contributed by atoms with Gasteiger partial charge in [0.1, 0.15) is 0 Å². The van der Waals surface area contributed by atoms with E-state index in [4.69, 9.17) is 6.42 Å². The summed E-state index contributed by atoms with van der Waals surface area (Å²) in [5.41, 5.74) is 0.635. The molecule has 0 aliphatic heterocycles. The smallest absolute Gasteiger partial charge is 0.252 e. The van der Waals surface area contributed by atoms with Gasteiger partial charge in [0.05, 0.1) is 5.56 Å². The van der Waals surface area contributed by atoms with E-state index in [1.807, 2.05) is 25.1 Å². The van der Waals surface area contributed by atoms with Gasteiger partial charge >= 0.3 is 0 Å². The highest BCUT2D eigenvalue weighted by Crippen LogP contribution is 2.19. The van der Waals surface area contributed by atoms with E-state index in [1.54, 1.807) is 0 Å². The van der Waals surface area contributed by atoms with Crippen LogP contribution in [0.4, 0.5) is 0 Å². The number of nitrogens with one attached hydrogen (secondary N) is 1. The van der Waals surface area contributed by atoms with Crippen molar-refractivity contribution in [2.45, 2.75) is 19.4 Å². The molecule has 2 nitrogen and oxygen atoms in total. The molecule has 0 fully saturated rings. The Morgan fingerprint density at radius 3 is 3.00 bits per heavy atom. The molecule has 0 spiro atoms. The molecule has 0 saturated carbocycles. The van der Waals surface area contributed by atoms with E-state index in [0.29, 0.717) is 12.0 Å². The van der Waals surface area contributed by atoms with Gasteiger partial charge in [0.25, 0.3) is 5.91 Å². The fourth-order valence-electron chi connectivity index (χ4n) is 1.20. The Hall–Kier alpha value is -0.540. The maximum atomic E-state index is 11.9. The fourth-order valence-corrected chi connectivity index (χ4v) is 2.12. The molecule has 1 unspecified atom stereocenters. The van der Waals surface area contributed by atoms with Crippen LogP contribution in [-0.4, -0.2) is 11.9 Å². The molecule has 84 valence electrons. The summed E-state index contributed by atoms with van der Waals surface area (Å²) in [5, 5.41) is 2.85. The molecule has 0 heterocycles. The van der Waals surface area contributed by atoms with Gasteiger partial charge in [0.15, 0.2) is 0 Å². The lowest BCUT2D eigenvalue weighted by Gasteiger charge is -2.12. The molecule has 1 aromatic carbocycles. The second-order valence-corrected chi connectivity index (χ2v) is 5.51. The lowest BCUT2D eigenvalue weighted by Crippen LogP contribution is -2.32. The predicted molar refractivity (Wildman–Crippen MR) is 77.2 cm³/mol. The van der Waals surface area contributed by atoms with Crippen LogP contribution in [-0.2, 0) is 0 Å². The average Bonchev–Trinajstić information content (AvgIpc) is 2.21. The molecule has 0 saturated heterocycles. The maximum absolute atomic E-state index is 11.9. The Bertz CT molecular complexity index is 439. The number of hydrogen-bond acceptors (Lipinski definition) is 1. The molecule has 0 radical (unpaired) electrons. The third-order valence-corrected chi connectivity index (χ3v) is 3.34. The van der Waals surface area contributed by atoms with E-state index in [-0.39, 0.29) is 11.9 Å². The molecule has 1 atom stereocenters. The Morgan fingerprint density at radius 2 is 2.38 bits per heavy atom. The van der Waals surface area contributed by atoms with Gasteiger partial charge in [-0.25, -0.2) is 0 Å². The molecule has 1 rings (SSSR count). The molecule has 16 heavy (non-hydrogen) atoms. The molecule has 0 bridgehead atoms. The van der Waals surface area contributed by atoms with Gasteiger partial charge in [-0.3, -0.25) is 4.79 Å². The topological polar surface area (TPSA) is 29.1 Å². The van der Waals surface area contributed by atoms with Crippen molar-refractivity contribution in [3.63, 3.8) is 0 Å². The van der Waals surface area contributed by atoms with Gasteiger partial charge in [-0.15, -0.1) is 12.3 Å². The summed E-state index contributed by atoms with van der Waals surface area (Å²) in [7, 11) is 0. The van der Waals surface area contributed by atoms with Crippen molar-refractivity contribution >= 4 is 44.4 Å². The number of carbonyl (C=O) groups excluding carboxylic acids is 1. The fraction of sp³-hybridized carbons (Fsp3) is 0.250. The van der Waals surface area contributed by atoms with Crippen LogP contribution in [0.1, 0.15) is 23.7 Å². The lowest BCUT2D eigenvalue weighted by molar-refractivity contribution is 0.0940. The summed E-state index contributed by atoms with van der Waals surface area (Å²) in [5.74, 6) is 2.42. The number of hydrogen-bond donors (Lipinski definition) is 1. The minimum absolute atomic E-state index is 0.0118. The Labute approximate surface area is 117 Å². The molecule has 1 amide bonds. The number of rotatable bonds is 3. The minimum atomic E-state index is -0.104. The van der Waals surface area contributed by atoms with E-state index in [2.05, 4.69) is 49.8 Å². The van der Waals surface area contributed by atoms with Crippen LogP contribution in [0.3, 0.4) is 0 Å². The zero-order chi connectivity index (χ0) is 12.1. The first kappa shape index (κ1) is 13.5. The van der Waals surface area contributed by atoms with Crippen LogP contribution in [0.5, 0.6) is 0 Å². The summed E-state index contributed by atoms with van der Waals surface area (Å²) in [6.45, 7) is 1.89. The zero-order valence-corrected chi connectivity index (χ0v) is 12.5. The number of benzene rings is 1. The SMILES string of the molecule is C#CCC(C)NC(=O)c1cc(I)ccc1Br. The lowest BCUT2D eigenvalue weighted by atomic mass is 10.2. The molecule has 4 heteroatoms. The van der Waals surface area contributed by atoms with Crippen LogP contribution in [0.2, 0.25) is 0 Å². The molecule has 0 aliphatic rings. The molecule has 1 aromatic rings. The third kappa shape index (κ3) is 3.80. The number of halogens is 2. The van der Waals surface area contributed by atoms with Crippen LogP contribution in [0.15, 0.2) is 22.7 Å². The van der Waals surface area contributed by atoms with Crippen molar-refractivity contribution in [3.05, 3.63) is 31.8 Å². The van der Waals surface area contributed by atoms with Crippen molar-refractivity contribution in [1.82, 2.24) is 5.32 Å². The maximum Gasteiger partial charge on any atom is 0.252 e. The molecule has 0 aliphatic carbocycles. The summed E-state index contributed by atoms with van der Waals surface area (Å²) < 4.78 is 1.81. The van der Waals surface area contributed by atoms with Gasteiger partial charge in [-0.05, 0) is 63.6 Å². The first-order chi connectivity index (χ1) is 7.54. The van der Waals surface area contributed by atoms with E-state index < -0.39 is 0 Å². The highest BCUT2D eigenvalue weighted by molar-refractivity contribution is 14.1. The van der Waals surface area contributed by atoms with Crippen LogP contribution in [0, 0.1) is 15.9 Å². The molecular formula is C12H11BrINO. The van der Waals surface area contributed by atoms with Crippen LogP contribution in [0.25, 0.3) is 0 Å². The van der Waals surface area contributed by atoms with Crippen molar-refractivity contribution in [1.29, 1.82) is 0 Å². The normalized spacial score (nSPS) is 11.6. The van der Waals surface area contributed by atoms with Gasteiger partial charge < -0.3 is 5.32 Å². The minimum Gasteiger partial charge on any atom is -0.349 e. The summed E-state index contributed by atoms with van der Waals surface area (Å²) in [4.78, 5) is 11.9. The number of amides is 1. The monoisotopic (exact) mass is 391 g/mol. The van der Waals surface area contributed by atoms with E-state index in [0.717, 1.165) is 8.04 Å². The van der Waals surface area contributed by atoms with Crippen LogP contribution >= 0.6 is 38.5 Å². The summed E-state index contributed by atoms with van der Waals surface area (Å²) in [6, 6.07) is 5.62. The largest absolute Gasteiger partial charge is 0.349 e. The standard InChI is InChI=1S/C12H11BrINO/c1-3-4-8(2)15-12(16)10-7-9(14)5-6-11(10)13/h1,5-8H,4H2,2H3,(H,15,16). The summed E-state index contributed by atoms with van der Waals surface area (Å²) in [6.07, 6.45) is 5.72. The van der Waals surface area contributed by atoms with Crippen LogP contribution < -0.4 is 5.32 Å². The van der Waals surface area contributed by atoms with Gasteiger partial charge in [-0.1, -0.05) is 0 Å². The first-order valence-electron chi connectivity index (χ1n) is 4.74. The number of terminal acetylenes is 1. The van der Waals surface area contributed by atoms with Crippen molar-refractivity contribution in [3.8, 4) is 12.3 Å². The quantitative estimate of drug-likeness (QED) is 0.622. The summed E-state index contributed by atoms with van der Waals surface area (Å²) >= 11 is 5.53. The third-order valence-electron chi connectivity index (χ3n) is 1.97. The second-order valence-electron chi connectivity index (χ2n) is 3.41. The van der Waals surface area contributed by atoms with E-state index in [1.165, 1.54) is 0 Å². The highest BCUT2D eigenvalue weighted by atomic mass is 127. The molecular weight excluding hydrogens is 381 g/mol. The number of carbonyl (C=O) groups is 1.